The summed E-state index contributed by atoms with van der Waals surface area (Å²) in [5, 5.41) is 3.87. The zero-order valence-electron chi connectivity index (χ0n) is 18.4. The Morgan fingerprint density at radius 3 is 2.40 bits per heavy atom. The smallest absolute Gasteiger partial charge is 0.256 e. The van der Waals surface area contributed by atoms with Crippen molar-refractivity contribution in [3.63, 3.8) is 0 Å². The van der Waals surface area contributed by atoms with E-state index in [9.17, 15) is 9.59 Å². The van der Waals surface area contributed by atoms with Gasteiger partial charge in [0, 0.05) is 46.2 Å². The van der Waals surface area contributed by atoms with Crippen LogP contribution in [0.2, 0.25) is 0 Å². The van der Waals surface area contributed by atoms with Crippen LogP contribution in [0, 0.1) is 0 Å². The van der Waals surface area contributed by atoms with E-state index in [1.807, 2.05) is 24.3 Å². The van der Waals surface area contributed by atoms with Gasteiger partial charge in [-0.25, -0.2) is 0 Å². The number of benzene rings is 3. The van der Waals surface area contributed by atoms with Crippen LogP contribution in [0.4, 0.5) is 11.4 Å². The third-order valence-electron chi connectivity index (χ3n) is 6.69. The maximum absolute atomic E-state index is 14.1. The fraction of sp³-hybridized carbons (Fsp3) is 0.154. The third kappa shape index (κ3) is 2.81. The van der Waals surface area contributed by atoms with Gasteiger partial charge in [0.2, 0.25) is 19.5 Å². The number of aromatic nitrogens is 1. The first kappa shape index (κ1) is 19.8. The molecule has 0 aliphatic carbocycles. The number of nitrogens with one attached hydrogen (secondary N) is 2. The second-order valence-corrected chi connectivity index (χ2v) is 8.57. The maximum Gasteiger partial charge on any atom is 0.256 e. The SMILES string of the molecule is O=C1CC(C(=O)Nc2ccc3c(c2)OCO3)(c2c[nH]c3ccccc23)N1c1ccc2c(c1)OCO2. The number of para-hydroxylation sites is 1. The molecule has 1 saturated heterocycles. The Kier molecular flexibility index (Phi) is 4.05. The summed E-state index contributed by atoms with van der Waals surface area (Å²) in [6.07, 6.45) is 1.82. The number of amides is 2. The maximum atomic E-state index is 14.1. The molecule has 3 aromatic carbocycles. The highest BCUT2D eigenvalue weighted by molar-refractivity contribution is 6.18. The van der Waals surface area contributed by atoms with E-state index in [0.717, 1.165) is 10.9 Å². The number of rotatable bonds is 4. The lowest BCUT2D eigenvalue weighted by Crippen LogP contribution is -2.67. The molecule has 174 valence electrons. The summed E-state index contributed by atoms with van der Waals surface area (Å²) in [7, 11) is 0. The first-order valence-corrected chi connectivity index (χ1v) is 11.1. The number of fused-ring (bicyclic) bond motifs is 3. The van der Waals surface area contributed by atoms with Gasteiger partial charge in [-0.2, -0.15) is 0 Å². The van der Waals surface area contributed by atoms with Crippen LogP contribution >= 0.6 is 0 Å². The number of hydrogen-bond donors (Lipinski definition) is 2. The second-order valence-electron chi connectivity index (χ2n) is 8.57. The van der Waals surface area contributed by atoms with Crippen molar-refractivity contribution in [2.45, 2.75) is 12.0 Å². The highest BCUT2D eigenvalue weighted by Gasteiger charge is 2.59. The summed E-state index contributed by atoms with van der Waals surface area (Å²) < 4.78 is 21.8. The Morgan fingerprint density at radius 1 is 0.886 bits per heavy atom. The predicted molar refractivity (Wildman–Crippen MR) is 126 cm³/mol. The molecule has 0 saturated carbocycles. The summed E-state index contributed by atoms with van der Waals surface area (Å²) in [6, 6.07) is 18.2. The highest BCUT2D eigenvalue weighted by Crippen LogP contribution is 2.49. The van der Waals surface area contributed by atoms with Gasteiger partial charge < -0.3 is 29.2 Å². The van der Waals surface area contributed by atoms with Crippen LogP contribution in [-0.4, -0.2) is 30.4 Å². The molecule has 2 amide bonds. The molecule has 3 aliphatic rings. The van der Waals surface area contributed by atoms with Crippen molar-refractivity contribution < 1.29 is 28.5 Å². The van der Waals surface area contributed by atoms with E-state index in [4.69, 9.17) is 18.9 Å². The van der Waals surface area contributed by atoms with Crippen molar-refractivity contribution in [1.82, 2.24) is 4.98 Å². The molecule has 0 spiro atoms. The van der Waals surface area contributed by atoms with Crippen LogP contribution < -0.4 is 29.2 Å². The van der Waals surface area contributed by atoms with E-state index in [0.29, 0.717) is 39.9 Å². The van der Waals surface area contributed by atoms with Gasteiger partial charge in [-0.1, -0.05) is 18.2 Å². The van der Waals surface area contributed by atoms with Gasteiger partial charge in [0.25, 0.3) is 5.91 Å². The number of aromatic amines is 1. The predicted octanol–water partition coefficient (Wildman–Crippen LogP) is 3.90. The van der Waals surface area contributed by atoms with Gasteiger partial charge in [0.1, 0.15) is 0 Å². The van der Waals surface area contributed by atoms with Gasteiger partial charge in [-0.3, -0.25) is 14.5 Å². The molecule has 1 atom stereocenters. The van der Waals surface area contributed by atoms with E-state index < -0.39 is 5.54 Å². The van der Waals surface area contributed by atoms with Crippen LogP contribution in [0.5, 0.6) is 23.0 Å². The van der Waals surface area contributed by atoms with Gasteiger partial charge >= 0.3 is 0 Å². The largest absolute Gasteiger partial charge is 0.454 e. The van der Waals surface area contributed by atoms with Crippen molar-refractivity contribution in [3.05, 3.63) is 72.4 Å². The van der Waals surface area contributed by atoms with Crippen molar-refractivity contribution in [2.24, 2.45) is 0 Å². The molecule has 9 nitrogen and oxygen atoms in total. The normalized spacial score (nSPS) is 19.7. The van der Waals surface area contributed by atoms with Crippen molar-refractivity contribution in [3.8, 4) is 23.0 Å². The number of H-pyrrole nitrogens is 1. The molecule has 2 N–H and O–H groups in total. The molecule has 1 fully saturated rings. The lowest BCUT2D eigenvalue weighted by Gasteiger charge is -2.50. The number of ether oxygens (including phenoxy) is 4. The topological polar surface area (TPSA) is 102 Å². The molecular formula is C26H19N3O6. The minimum atomic E-state index is -1.28. The minimum absolute atomic E-state index is 0.0136. The Labute approximate surface area is 199 Å². The molecule has 4 heterocycles. The van der Waals surface area contributed by atoms with Crippen molar-refractivity contribution in [1.29, 1.82) is 0 Å². The number of anilines is 2. The molecule has 0 radical (unpaired) electrons. The zero-order valence-corrected chi connectivity index (χ0v) is 18.4. The Hall–Kier alpha value is -4.66. The van der Waals surface area contributed by atoms with E-state index in [1.165, 1.54) is 4.90 Å². The second kappa shape index (κ2) is 7.17. The summed E-state index contributed by atoms with van der Waals surface area (Å²) in [5.74, 6) is 1.81. The molecule has 4 aromatic rings. The average Bonchev–Trinajstić information content (AvgIpc) is 3.61. The van der Waals surface area contributed by atoms with Crippen LogP contribution in [0.15, 0.2) is 66.9 Å². The number of carbonyl (C=O) groups excluding carboxylic acids is 2. The molecule has 9 heteroatoms. The summed E-state index contributed by atoms with van der Waals surface area (Å²) in [4.78, 5) is 32.0. The Balaban J connectivity index is 1.35. The monoisotopic (exact) mass is 469 g/mol. The summed E-state index contributed by atoms with van der Waals surface area (Å²) >= 11 is 0. The van der Waals surface area contributed by atoms with Crippen molar-refractivity contribution >= 4 is 34.1 Å². The molecule has 1 unspecified atom stereocenters. The molecule has 1 aromatic heterocycles. The minimum Gasteiger partial charge on any atom is -0.454 e. The van der Waals surface area contributed by atoms with Crippen LogP contribution in [-0.2, 0) is 15.1 Å². The zero-order chi connectivity index (χ0) is 23.6. The van der Waals surface area contributed by atoms with Crippen LogP contribution in [0.3, 0.4) is 0 Å². The van der Waals surface area contributed by atoms with Gasteiger partial charge in [0.05, 0.1) is 6.42 Å². The fourth-order valence-electron chi connectivity index (χ4n) is 5.03. The van der Waals surface area contributed by atoms with Crippen LogP contribution in [0.25, 0.3) is 10.9 Å². The van der Waals surface area contributed by atoms with Crippen LogP contribution in [0.1, 0.15) is 12.0 Å². The standard InChI is InChI=1S/C26H19N3O6/c30-24-11-26(18-12-27-19-4-2-1-3-17(18)19,29(24)16-6-8-21-23(10-16)35-14-33-21)25(31)28-15-5-7-20-22(9-15)34-13-32-20/h1-10,12,27H,11,13-14H2,(H,28,31). The van der Waals surface area contributed by atoms with E-state index >= 15 is 0 Å². The molecule has 7 rings (SSSR count). The van der Waals surface area contributed by atoms with Crippen molar-refractivity contribution in [2.75, 3.05) is 23.8 Å². The fourth-order valence-corrected chi connectivity index (χ4v) is 5.03. The van der Waals surface area contributed by atoms with Gasteiger partial charge in [-0.05, 0) is 30.3 Å². The Bertz CT molecular complexity index is 1530. The number of nitrogens with zero attached hydrogens (tertiary/aromatic N) is 1. The Morgan fingerprint density at radius 2 is 1.60 bits per heavy atom. The van der Waals surface area contributed by atoms with E-state index in [2.05, 4.69) is 10.3 Å². The highest BCUT2D eigenvalue weighted by atomic mass is 16.7. The number of β-lactam (4-membered cyclic amide) rings is 1. The lowest BCUT2D eigenvalue weighted by atomic mass is 9.75. The molecule has 35 heavy (non-hydrogen) atoms. The van der Waals surface area contributed by atoms with Gasteiger partial charge in [-0.15, -0.1) is 0 Å². The lowest BCUT2D eigenvalue weighted by molar-refractivity contribution is -0.137. The average molecular weight is 469 g/mol. The van der Waals surface area contributed by atoms with Gasteiger partial charge in [0.15, 0.2) is 28.5 Å². The quantitative estimate of drug-likeness (QED) is 0.440. The first-order chi connectivity index (χ1) is 17.1. The summed E-state index contributed by atoms with van der Waals surface area (Å²) in [5.41, 5.74) is 1.41. The number of hydrogen-bond acceptors (Lipinski definition) is 6. The molecule has 0 bridgehead atoms. The van der Waals surface area contributed by atoms with E-state index in [-0.39, 0.29) is 31.8 Å². The van der Waals surface area contributed by atoms with E-state index in [1.54, 1.807) is 42.6 Å². The summed E-state index contributed by atoms with van der Waals surface area (Å²) in [6.45, 7) is 0.253. The molecule has 3 aliphatic heterocycles. The first-order valence-electron chi connectivity index (χ1n) is 11.1. The molecular weight excluding hydrogens is 450 g/mol. The third-order valence-corrected chi connectivity index (χ3v) is 6.69. The number of carbonyl (C=O) groups is 2.